The van der Waals surface area contributed by atoms with Crippen LogP contribution in [0.15, 0.2) is 30.5 Å². The van der Waals surface area contributed by atoms with Crippen LogP contribution in [0.1, 0.15) is 0 Å². The van der Waals surface area contributed by atoms with Crippen molar-refractivity contribution in [3.8, 4) is 23.1 Å². The summed E-state index contributed by atoms with van der Waals surface area (Å²) in [5.41, 5.74) is 6.13. The Morgan fingerprint density at radius 2 is 1.79 bits per heavy atom. The molecule has 6 heteroatoms. The van der Waals surface area contributed by atoms with Gasteiger partial charge in [0.05, 0.1) is 24.9 Å². The first-order valence-corrected chi connectivity index (χ1v) is 5.83. The van der Waals surface area contributed by atoms with E-state index in [1.807, 2.05) is 0 Å². The number of methoxy groups -OCH3 is 2. The molecular formula is C13H13ClN2O3. The molecule has 0 radical (unpaired) electrons. The summed E-state index contributed by atoms with van der Waals surface area (Å²) in [4.78, 5) is 4.03. The number of hydrogen-bond acceptors (Lipinski definition) is 5. The van der Waals surface area contributed by atoms with Gasteiger partial charge in [-0.25, -0.2) is 4.98 Å². The molecule has 2 rings (SSSR count). The van der Waals surface area contributed by atoms with Gasteiger partial charge in [-0.1, -0.05) is 17.7 Å². The van der Waals surface area contributed by atoms with Crippen molar-refractivity contribution >= 4 is 17.3 Å². The molecule has 0 aliphatic carbocycles. The summed E-state index contributed by atoms with van der Waals surface area (Å²) in [5.74, 6) is 1.70. The fourth-order valence-electron chi connectivity index (χ4n) is 1.54. The normalized spacial score (nSPS) is 10.1. The third-order valence-electron chi connectivity index (χ3n) is 2.43. The van der Waals surface area contributed by atoms with E-state index in [1.54, 1.807) is 38.5 Å². The van der Waals surface area contributed by atoms with E-state index in [0.717, 1.165) is 0 Å². The molecule has 19 heavy (non-hydrogen) atoms. The summed E-state index contributed by atoms with van der Waals surface area (Å²) in [5, 5.41) is 0.442. The van der Waals surface area contributed by atoms with Gasteiger partial charge < -0.3 is 19.9 Å². The van der Waals surface area contributed by atoms with Crippen LogP contribution in [0.4, 0.5) is 5.69 Å². The minimum absolute atomic E-state index is 0.243. The zero-order valence-corrected chi connectivity index (χ0v) is 11.3. The average Bonchev–Trinajstić information content (AvgIpc) is 2.42. The molecule has 1 aromatic carbocycles. The molecule has 100 valence electrons. The van der Waals surface area contributed by atoms with Gasteiger partial charge >= 0.3 is 0 Å². The lowest BCUT2D eigenvalue weighted by Crippen LogP contribution is -1.98. The third-order valence-corrected chi connectivity index (χ3v) is 2.63. The highest BCUT2D eigenvalue weighted by atomic mass is 35.5. The Hall–Kier alpha value is -2.14. The van der Waals surface area contributed by atoms with E-state index in [2.05, 4.69) is 4.98 Å². The van der Waals surface area contributed by atoms with Crippen LogP contribution in [0.3, 0.4) is 0 Å². The second-order valence-corrected chi connectivity index (χ2v) is 4.08. The molecule has 0 bridgehead atoms. The summed E-state index contributed by atoms with van der Waals surface area (Å²) in [6.45, 7) is 0. The molecule has 1 aromatic heterocycles. The van der Waals surface area contributed by atoms with Crippen molar-refractivity contribution in [1.82, 2.24) is 4.98 Å². The van der Waals surface area contributed by atoms with Gasteiger partial charge in [0.2, 0.25) is 11.6 Å². The van der Waals surface area contributed by atoms with E-state index in [-0.39, 0.29) is 5.88 Å². The van der Waals surface area contributed by atoms with E-state index < -0.39 is 0 Å². The van der Waals surface area contributed by atoms with E-state index >= 15 is 0 Å². The van der Waals surface area contributed by atoms with Gasteiger partial charge in [-0.05, 0) is 18.2 Å². The van der Waals surface area contributed by atoms with Crippen LogP contribution in [0.2, 0.25) is 5.02 Å². The van der Waals surface area contributed by atoms with Crippen molar-refractivity contribution in [3.05, 3.63) is 35.5 Å². The van der Waals surface area contributed by atoms with Gasteiger partial charge in [-0.15, -0.1) is 0 Å². The Bertz CT molecular complexity index is 568. The van der Waals surface area contributed by atoms with E-state index in [4.69, 9.17) is 31.5 Å². The summed E-state index contributed by atoms with van der Waals surface area (Å²) in [6, 6.07) is 6.86. The summed E-state index contributed by atoms with van der Waals surface area (Å²) in [7, 11) is 3.08. The molecule has 5 nitrogen and oxygen atoms in total. The lowest BCUT2D eigenvalue weighted by atomic mass is 10.3. The van der Waals surface area contributed by atoms with E-state index in [9.17, 15) is 0 Å². The Morgan fingerprint density at radius 1 is 1.16 bits per heavy atom. The largest absolute Gasteiger partial charge is 0.493 e. The topological polar surface area (TPSA) is 66.6 Å². The zero-order valence-electron chi connectivity index (χ0n) is 10.5. The number of halogens is 1. The van der Waals surface area contributed by atoms with Gasteiger partial charge in [0.1, 0.15) is 0 Å². The van der Waals surface area contributed by atoms with Gasteiger partial charge in [-0.2, -0.15) is 0 Å². The minimum Gasteiger partial charge on any atom is -0.493 e. The molecule has 0 aliphatic rings. The van der Waals surface area contributed by atoms with Crippen molar-refractivity contribution in [2.24, 2.45) is 0 Å². The van der Waals surface area contributed by atoms with Crippen LogP contribution >= 0.6 is 11.6 Å². The van der Waals surface area contributed by atoms with Crippen LogP contribution < -0.4 is 19.9 Å². The van der Waals surface area contributed by atoms with E-state index in [1.165, 1.54) is 6.20 Å². The number of para-hydroxylation sites is 1. The van der Waals surface area contributed by atoms with Gasteiger partial charge in [0.15, 0.2) is 11.5 Å². The molecule has 0 spiro atoms. The summed E-state index contributed by atoms with van der Waals surface area (Å²) in [6.07, 6.45) is 1.45. The fraction of sp³-hybridized carbons (Fsp3) is 0.154. The lowest BCUT2D eigenvalue weighted by molar-refractivity contribution is 0.342. The van der Waals surface area contributed by atoms with Crippen LogP contribution in [-0.2, 0) is 0 Å². The van der Waals surface area contributed by atoms with Crippen LogP contribution in [-0.4, -0.2) is 19.2 Å². The van der Waals surface area contributed by atoms with Crippen LogP contribution in [0.25, 0.3) is 0 Å². The number of pyridine rings is 1. The quantitative estimate of drug-likeness (QED) is 0.932. The Balaban J connectivity index is 2.42. The first kappa shape index (κ1) is 13.3. The second kappa shape index (κ2) is 5.67. The first-order valence-electron chi connectivity index (χ1n) is 5.45. The Labute approximate surface area is 115 Å². The highest BCUT2D eigenvalue weighted by Gasteiger charge is 2.14. The van der Waals surface area contributed by atoms with Gasteiger partial charge in [-0.3, -0.25) is 0 Å². The summed E-state index contributed by atoms with van der Waals surface area (Å²) < 4.78 is 16.1. The second-order valence-electron chi connectivity index (χ2n) is 3.64. The highest BCUT2D eigenvalue weighted by Crippen LogP contribution is 2.40. The number of rotatable bonds is 4. The number of nitrogens with two attached hydrogens (primary N) is 1. The van der Waals surface area contributed by atoms with Crippen LogP contribution in [0, 0.1) is 0 Å². The van der Waals surface area contributed by atoms with Crippen LogP contribution in [0.5, 0.6) is 23.1 Å². The predicted octanol–water partition coefficient (Wildman–Crippen LogP) is 3.13. The number of hydrogen-bond donors (Lipinski definition) is 1. The number of nitrogens with zero attached hydrogens (tertiary/aromatic N) is 1. The first-order chi connectivity index (χ1) is 9.15. The molecule has 2 N–H and O–H groups in total. The van der Waals surface area contributed by atoms with Crippen molar-refractivity contribution in [3.63, 3.8) is 0 Å². The fourth-order valence-corrected chi connectivity index (χ4v) is 1.71. The molecule has 0 saturated heterocycles. The molecular weight excluding hydrogens is 268 g/mol. The number of benzene rings is 1. The van der Waals surface area contributed by atoms with Crippen molar-refractivity contribution in [2.45, 2.75) is 0 Å². The highest BCUT2D eigenvalue weighted by molar-refractivity contribution is 6.30. The molecule has 0 saturated carbocycles. The zero-order chi connectivity index (χ0) is 13.8. The van der Waals surface area contributed by atoms with Crippen molar-refractivity contribution in [2.75, 3.05) is 20.0 Å². The minimum atomic E-state index is 0.243. The monoisotopic (exact) mass is 280 g/mol. The number of anilines is 1. The SMILES string of the molecule is COc1cccc(OC)c1Oc1ncc(Cl)cc1N. The predicted molar refractivity (Wildman–Crippen MR) is 73.3 cm³/mol. The maximum absolute atomic E-state index is 5.80. The lowest BCUT2D eigenvalue weighted by Gasteiger charge is -2.14. The molecule has 1 heterocycles. The standard InChI is InChI=1S/C13H13ClN2O3/c1-17-10-4-3-5-11(18-2)12(10)19-13-9(15)6-8(14)7-16-13/h3-7H,15H2,1-2H3. The average molecular weight is 281 g/mol. The molecule has 0 aliphatic heterocycles. The maximum Gasteiger partial charge on any atom is 0.243 e. The maximum atomic E-state index is 5.80. The van der Waals surface area contributed by atoms with Gasteiger partial charge in [0, 0.05) is 6.20 Å². The van der Waals surface area contributed by atoms with Crippen molar-refractivity contribution < 1.29 is 14.2 Å². The molecule has 0 fully saturated rings. The number of ether oxygens (including phenoxy) is 3. The Kier molecular flexibility index (Phi) is 3.97. The van der Waals surface area contributed by atoms with Crippen molar-refractivity contribution in [1.29, 1.82) is 0 Å². The molecule has 0 unspecified atom stereocenters. The number of aromatic nitrogens is 1. The number of nitrogen functional groups attached to an aromatic ring is 1. The molecule has 0 amide bonds. The molecule has 0 atom stereocenters. The third kappa shape index (κ3) is 2.82. The van der Waals surface area contributed by atoms with Gasteiger partial charge in [0.25, 0.3) is 0 Å². The smallest absolute Gasteiger partial charge is 0.243 e. The molecule has 2 aromatic rings. The summed E-state index contributed by atoms with van der Waals surface area (Å²) >= 11 is 5.79. The van der Waals surface area contributed by atoms with E-state index in [0.29, 0.717) is 28.0 Å². The Morgan fingerprint density at radius 3 is 2.32 bits per heavy atom.